The summed E-state index contributed by atoms with van der Waals surface area (Å²) < 4.78 is 0. The third kappa shape index (κ3) is 10.5. The van der Waals surface area contributed by atoms with E-state index in [4.69, 9.17) is 5.73 Å². The number of aromatic nitrogens is 2. The van der Waals surface area contributed by atoms with Crippen LogP contribution in [0.3, 0.4) is 0 Å². The van der Waals surface area contributed by atoms with Gasteiger partial charge in [-0.1, -0.05) is 19.3 Å². The third-order valence-electron chi connectivity index (χ3n) is 4.26. The Labute approximate surface area is 179 Å². The molecule has 31 heavy (non-hydrogen) atoms. The standard InChI is InChI=1S/C17H28BN7O6/c1-11(2)8-15(18(28)29)23-16(27)12(4-3-5-22-17(19)24-25(30)31)9-14(26)13-10-20-6-7-21-13/h6-7,10-12,15,28-29H,3-5,8-9H2,1-2H3,(H,23,27)(H3,19,22,24)/t12-,15+/m1/s1. The summed E-state index contributed by atoms with van der Waals surface area (Å²) in [5, 5.41) is 31.2. The average Bonchev–Trinajstić information content (AvgIpc) is 2.69. The summed E-state index contributed by atoms with van der Waals surface area (Å²) in [5.41, 5.74) is 7.17. The number of Topliss-reactive ketones (excluding diaryl/α,β-unsaturated/α-hetero) is 1. The van der Waals surface area contributed by atoms with Crippen molar-refractivity contribution < 1.29 is 24.7 Å². The van der Waals surface area contributed by atoms with E-state index in [0.717, 1.165) is 0 Å². The first-order valence-corrected chi connectivity index (χ1v) is 9.76. The molecule has 0 spiro atoms. The van der Waals surface area contributed by atoms with Gasteiger partial charge in [-0.25, -0.2) is 20.1 Å². The molecule has 1 rings (SSSR count). The van der Waals surface area contributed by atoms with Crippen LogP contribution in [0.1, 0.15) is 50.0 Å². The molecule has 6 N–H and O–H groups in total. The lowest BCUT2D eigenvalue weighted by Crippen LogP contribution is -2.49. The van der Waals surface area contributed by atoms with Crippen molar-refractivity contribution in [1.82, 2.24) is 20.7 Å². The Balaban J connectivity index is 2.84. The van der Waals surface area contributed by atoms with E-state index >= 15 is 0 Å². The zero-order valence-corrected chi connectivity index (χ0v) is 17.5. The number of hydrogen-bond acceptors (Lipinski definition) is 9. The van der Waals surface area contributed by atoms with E-state index in [-0.39, 0.29) is 37.0 Å². The maximum absolute atomic E-state index is 12.8. The van der Waals surface area contributed by atoms with Crippen molar-refractivity contribution in [3.63, 3.8) is 0 Å². The number of nitrogens with two attached hydrogens (primary N) is 1. The summed E-state index contributed by atoms with van der Waals surface area (Å²) in [5.74, 6) is -2.88. The Morgan fingerprint density at radius 2 is 2.06 bits per heavy atom. The highest BCUT2D eigenvalue weighted by molar-refractivity contribution is 6.43. The number of guanidine groups is 1. The molecule has 0 saturated carbocycles. The molecule has 13 nitrogen and oxygen atoms in total. The molecule has 1 aromatic heterocycles. The highest BCUT2D eigenvalue weighted by atomic mass is 16.7. The molecule has 0 fully saturated rings. The lowest BCUT2D eigenvalue weighted by molar-refractivity contribution is -0.525. The Hall–Kier alpha value is -3.13. The van der Waals surface area contributed by atoms with Crippen LogP contribution in [0.15, 0.2) is 23.6 Å². The molecule has 0 saturated heterocycles. The topological polar surface area (TPSA) is 206 Å². The predicted molar refractivity (Wildman–Crippen MR) is 112 cm³/mol. The second-order valence-electron chi connectivity index (χ2n) is 7.35. The Bertz CT molecular complexity index is 763. The minimum Gasteiger partial charge on any atom is -0.426 e. The van der Waals surface area contributed by atoms with Gasteiger partial charge in [0, 0.05) is 31.3 Å². The van der Waals surface area contributed by atoms with Crippen LogP contribution in [0.2, 0.25) is 0 Å². The van der Waals surface area contributed by atoms with E-state index in [9.17, 15) is 29.8 Å². The maximum Gasteiger partial charge on any atom is 0.475 e. The first kappa shape index (κ1) is 25.9. The van der Waals surface area contributed by atoms with Crippen LogP contribution in [0.4, 0.5) is 0 Å². The first-order chi connectivity index (χ1) is 14.6. The van der Waals surface area contributed by atoms with Gasteiger partial charge in [-0.2, -0.15) is 0 Å². The minimum absolute atomic E-state index is 0.0911. The summed E-state index contributed by atoms with van der Waals surface area (Å²) in [6.45, 7) is 3.84. The number of hydrazine groups is 1. The van der Waals surface area contributed by atoms with Crippen LogP contribution in [0, 0.1) is 22.0 Å². The number of aliphatic imine (C=N–C) groups is 1. The Morgan fingerprint density at radius 1 is 1.35 bits per heavy atom. The molecule has 0 unspecified atom stereocenters. The van der Waals surface area contributed by atoms with Gasteiger partial charge >= 0.3 is 7.12 Å². The van der Waals surface area contributed by atoms with Crippen LogP contribution in [0.25, 0.3) is 0 Å². The fourth-order valence-corrected chi connectivity index (χ4v) is 2.83. The van der Waals surface area contributed by atoms with Gasteiger partial charge in [0.25, 0.3) is 5.96 Å². The molecular weight excluding hydrogens is 409 g/mol. The number of amides is 1. The van der Waals surface area contributed by atoms with Crippen LogP contribution in [-0.4, -0.2) is 62.3 Å². The molecule has 1 amide bonds. The van der Waals surface area contributed by atoms with Crippen molar-refractivity contribution in [1.29, 1.82) is 0 Å². The summed E-state index contributed by atoms with van der Waals surface area (Å²) >= 11 is 0. The minimum atomic E-state index is -1.75. The predicted octanol–water partition coefficient (Wildman–Crippen LogP) is -0.915. The Morgan fingerprint density at radius 3 is 2.61 bits per heavy atom. The summed E-state index contributed by atoms with van der Waals surface area (Å²) in [7, 11) is -1.75. The molecule has 0 aromatic carbocycles. The zero-order valence-electron chi connectivity index (χ0n) is 17.5. The van der Waals surface area contributed by atoms with Gasteiger partial charge in [0.05, 0.1) is 12.1 Å². The average molecular weight is 437 g/mol. The maximum atomic E-state index is 12.8. The number of nitro groups is 1. The van der Waals surface area contributed by atoms with Crippen molar-refractivity contribution in [3.8, 4) is 0 Å². The molecule has 0 aliphatic heterocycles. The van der Waals surface area contributed by atoms with Crippen molar-refractivity contribution in [3.05, 3.63) is 34.4 Å². The van der Waals surface area contributed by atoms with Gasteiger partial charge in [0.1, 0.15) is 5.69 Å². The SMILES string of the molecule is CC(C)C[C@H](NC(=O)[C@H](CCCN=C(N)N[N+](=O)[O-])CC(=O)c1cnccn1)B(O)O. The van der Waals surface area contributed by atoms with E-state index in [1.165, 1.54) is 18.6 Å². The second kappa shape index (κ2) is 13.2. The molecule has 1 aromatic rings. The first-order valence-electron chi connectivity index (χ1n) is 9.76. The number of nitrogens with one attached hydrogen (secondary N) is 2. The number of ketones is 1. The van der Waals surface area contributed by atoms with Gasteiger partial charge in [0.2, 0.25) is 5.91 Å². The number of carbonyl (C=O) groups is 2. The fourth-order valence-electron chi connectivity index (χ4n) is 2.83. The molecule has 0 bridgehead atoms. The summed E-state index contributed by atoms with van der Waals surface area (Å²) in [6, 6.07) is 0. The molecule has 0 aliphatic rings. The monoisotopic (exact) mass is 437 g/mol. The van der Waals surface area contributed by atoms with Crippen molar-refractivity contribution >= 4 is 24.8 Å². The van der Waals surface area contributed by atoms with Crippen molar-refractivity contribution in [2.75, 3.05) is 6.54 Å². The Kier molecular flexibility index (Phi) is 11.1. The molecular formula is C17H28BN7O6. The largest absolute Gasteiger partial charge is 0.475 e. The van der Waals surface area contributed by atoms with Gasteiger partial charge in [-0.15, -0.1) is 0 Å². The molecule has 1 heterocycles. The van der Waals surface area contributed by atoms with Gasteiger partial charge in [-0.05, 0) is 25.2 Å². The normalized spacial score (nSPS) is 13.4. The van der Waals surface area contributed by atoms with Crippen molar-refractivity contribution in [2.45, 2.75) is 45.5 Å². The van der Waals surface area contributed by atoms with Gasteiger partial charge < -0.3 is 21.1 Å². The molecule has 170 valence electrons. The van der Waals surface area contributed by atoms with E-state index < -0.39 is 35.7 Å². The zero-order chi connectivity index (χ0) is 23.4. The van der Waals surface area contributed by atoms with Crippen molar-refractivity contribution in [2.24, 2.45) is 22.6 Å². The molecule has 0 radical (unpaired) electrons. The number of hydrogen-bond donors (Lipinski definition) is 5. The molecule has 0 aliphatic carbocycles. The lowest BCUT2D eigenvalue weighted by Gasteiger charge is -2.23. The van der Waals surface area contributed by atoms with Crippen LogP contribution >= 0.6 is 0 Å². The number of rotatable bonds is 13. The quantitative estimate of drug-likeness (QED) is 0.0488. The summed E-state index contributed by atoms with van der Waals surface area (Å²) in [4.78, 5) is 47.2. The van der Waals surface area contributed by atoms with Gasteiger partial charge in [0.15, 0.2) is 10.8 Å². The van der Waals surface area contributed by atoms with E-state index in [2.05, 4.69) is 20.3 Å². The van der Waals surface area contributed by atoms with Crippen LogP contribution < -0.4 is 16.5 Å². The fraction of sp³-hybridized carbons (Fsp3) is 0.588. The van der Waals surface area contributed by atoms with E-state index in [1.807, 2.05) is 13.8 Å². The molecule has 2 atom stereocenters. The summed E-state index contributed by atoms with van der Waals surface area (Å²) in [6.07, 6.45) is 4.76. The van der Waals surface area contributed by atoms with Crippen LogP contribution in [0.5, 0.6) is 0 Å². The lowest BCUT2D eigenvalue weighted by atomic mass is 9.74. The van der Waals surface area contributed by atoms with E-state index in [0.29, 0.717) is 12.8 Å². The third-order valence-corrected chi connectivity index (χ3v) is 4.26. The van der Waals surface area contributed by atoms with Gasteiger partial charge in [-0.3, -0.25) is 14.6 Å². The number of carbonyl (C=O) groups excluding carboxylic acids is 2. The second-order valence-corrected chi connectivity index (χ2v) is 7.35. The smallest absolute Gasteiger partial charge is 0.426 e. The molecule has 14 heteroatoms. The number of nitrogens with zero attached hydrogens (tertiary/aromatic N) is 4. The highest BCUT2D eigenvalue weighted by Crippen LogP contribution is 2.16. The van der Waals surface area contributed by atoms with E-state index in [1.54, 1.807) is 5.43 Å². The highest BCUT2D eigenvalue weighted by Gasteiger charge is 2.30. The van der Waals surface area contributed by atoms with Crippen LogP contribution in [-0.2, 0) is 4.79 Å².